The lowest BCUT2D eigenvalue weighted by molar-refractivity contribution is -0.166. The number of allylic oxidation sites excluding steroid dienone is 17. The maximum Gasteiger partial charge on any atom is 0.309 e. The Kier molecular flexibility index (Phi) is 41.7. The Labute approximate surface area is 349 Å². The quantitative estimate of drug-likeness (QED) is 0.0204. The van der Waals surface area contributed by atoms with Gasteiger partial charge in [0.15, 0.2) is 6.10 Å². The molecule has 0 heterocycles. The number of unbranched alkanes of at least 4 members (excludes halogenated alkanes) is 12. The van der Waals surface area contributed by atoms with Crippen molar-refractivity contribution in [3.8, 4) is 0 Å². The van der Waals surface area contributed by atoms with Gasteiger partial charge in [0.1, 0.15) is 13.2 Å². The van der Waals surface area contributed by atoms with Gasteiger partial charge in [0.25, 0.3) is 0 Å². The van der Waals surface area contributed by atoms with Gasteiger partial charge in [0, 0.05) is 12.8 Å². The molecule has 0 aliphatic heterocycles. The number of carbonyl (C=O) groups excluding carboxylic acids is 3. The van der Waals surface area contributed by atoms with Gasteiger partial charge < -0.3 is 14.2 Å². The molecule has 0 aliphatic carbocycles. The van der Waals surface area contributed by atoms with Crippen molar-refractivity contribution in [3.05, 3.63) is 109 Å². The number of ether oxygens (including phenoxy) is 3. The molecule has 0 bridgehead atoms. The number of hydrogen-bond donors (Lipinski definition) is 0. The molecule has 0 spiro atoms. The normalized spacial score (nSPS) is 13.1. The van der Waals surface area contributed by atoms with Crippen LogP contribution in [-0.2, 0) is 28.6 Å². The van der Waals surface area contributed by atoms with Crippen LogP contribution in [-0.4, -0.2) is 37.2 Å². The van der Waals surface area contributed by atoms with Crippen LogP contribution in [0.3, 0.4) is 0 Å². The largest absolute Gasteiger partial charge is 0.462 e. The standard InChI is InChI=1S/C51H80O6/c1-4-7-10-13-16-19-21-23-24-25-26-27-28-30-32-35-38-41-44-50(53)56-47-48(46-55-49(52)43-40-37-34-31-18-15-12-9-6-3)57-51(54)45-42-39-36-33-29-22-20-17-14-11-8-5-2/h8-9,11-12,17-18,20-21,23-27,29,31,33,37,40,48H,4-7,10,13-16,19,22,28,30,32,34-36,38-39,41-47H2,1-3H3/b11-8-,12-9-,20-17-,23-21-,25-24-,27-26-,31-18-,33-29-,40-37-. The molecule has 0 radical (unpaired) electrons. The molecule has 1 atom stereocenters. The minimum atomic E-state index is -0.841. The summed E-state index contributed by atoms with van der Waals surface area (Å²) in [6.45, 7) is 6.20. The Morgan fingerprint density at radius 3 is 1.40 bits per heavy atom. The van der Waals surface area contributed by atoms with Gasteiger partial charge >= 0.3 is 17.9 Å². The van der Waals surface area contributed by atoms with E-state index in [0.29, 0.717) is 12.8 Å². The zero-order valence-electron chi connectivity index (χ0n) is 36.3. The van der Waals surface area contributed by atoms with Crippen molar-refractivity contribution < 1.29 is 28.6 Å². The van der Waals surface area contributed by atoms with E-state index < -0.39 is 12.1 Å². The van der Waals surface area contributed by atoms with Crippen LogP contribution in [0.5, 0.6) is 0 Å². The van der Waals surface area contributed by atoms with Gasteiger partial charge in [-0.25, -0.2) is 0 Å². The molecule has 0 N–H and O–H groups in total. The molecule has 0 saturated heterocycles. The van der Waals surface area contributed by atoms with Gasteiger partial charge in [-0.05, 0) is 89.9 Å². The molecule has 320 valence electrons. The van der Waals surface area contributed by atoms with E-state index >= 15 is 0 Å². The molecule has 1 unspecified atom stereocenters. The summed E-state index contributed by atoms with van der Waals surface area (Å²) in [7, 11) is 0. The molecule has 57 heavy (non-hydrogen) atoms. The average Bonchev–Trinajstić information content (AvgIpc) is 3.21. The summed E-state index contributed by atoms with van der Waals surface area (Å²) in [4.78, 5) is 37.6. The first-order valence-electron chi connectivity index (χ1n) is 22.4. The highest BCUT2D eigenvalue weighted by Gasteiger charge is 2.19. The summed E-state index contributed by atoms with van der Waals surface area (Å²) >= 11 is 0. The van der Waals surface area contributed by atoms with Crippen LogP contribution >= 0.6 is 0 Å². The van der Waals surface area contributed by atoms with Crippen molar-refractivity contribution in [1.82, 2.24) is 0 Å². The Bertz CT molecular complexity index is 1230. The summed E-state index contributed by atoms with van der Waals surface area (Å²) < 4.78 is 16.5. The minimum absolute atomic E-state index is 0.119. The molecule has 6 heteroatoms. The van der Waals surface area contributed by atoms with Crippen molar-refractivity contribution >= 4 is 17.9 Å². The minimum Gasteiger partial charge on any atom is -0.462 e. The van der Waals surface area contributed by atoms with E-state index in [9.17, 15) is 14.4 Å². The molecule has 0 fully saturated rings. The van der Waals surface area contributed by atoms with E-state index in [0.717, 1.165) is 96.3 Å². The molecular weight excluding hydrogens is 709 g/mol. The van der Waals surface area contributed by atoms with E-state index in [2.05, 4.69) is 118 Å². The van der Waals surface area contributed by atoms with Gasteiger partial charge in [0.2, 0.25) is 0 Å². The summed E-state index contributed by atoms with van der Waals surface area (Å²) in [5, 5.41) is 0. The SMILES string of the molecule is CC/C=C\C/C=C\C/C=C\CCCCC(=O)OC(COC(=O)C/C=C\C/C=C\C/C=C\CC)COC(=O)CCCCCCC\C=C/C=C\C=C/CCCCCCC. The van der Waals surface area contributed by atoms with E-state index in [1.165, 1.54) is 32.1 Å². The Morgan fingerprint density at radius 2 is 0.825 bits per heavy atom. The van der Waals surface area contributed by atoms with Gasteiger partial charge in [-0.2, -0.15) is 0 Å². The van der Waals surface area contributed by atoms with Crippen LogP contribution in [0.4, 0.5) is 0 Å². The molecule has 0 rings (SSSR count). The lowest BCUT2D eigenvalue weighted by Crippen LogP contribution is -2.30. The van der Waals surface area contributed by atoms with Crippen molar-refractivity contribution in [1.29, 1.82) is 0 Å². The fraction of sp³-hybridized carbons (Fsp3) is 0.588. The maximum atomic E-state index is 12.7. The van der Waals surface area contributed by atoms with Crippen LogP contribution in [0, 0.1) is 0 Å². The highest BCUT2D eigenvalue weighted by Crippen LogP contribution is 2.11. The first kappa shape index (κ1) is 53.1. The summed E-state index contributed by atoms with van der Waals surface area (Å²) in [6.07, 6.45) is 59.7. The van der Waals surface area contributed by atoms with E-state index in [4.69, 9.17) is 14.2 Å². The van der Waals surface area contributed by atoms with Crippen molar-refractivity contribution in [3.63, 3.8) is 0 Å². The molecule has 0 aromatic rings. The topological polar surface area (TPSA) is 78.9 Å². The van der Waals surface area contributed by atoms with Gasteiger partial charge in [-0.15, -0.1) is 0 Å². The average molecular weight is 789 g/mol. The number of rotatable bonds is 38. The van der Waals surface area contributed by atoms with E-state index in [-0.39, 0.29) is 38.0 Å². The Hall–Kier alpha value is -3.93. The lowest BCUT2D eigenvalue weighted by Gasteiger charge is -2.18. The summed E-state index contributed by atoms with van der Waals surface area (Å²) in [5.74, 6) is -1.14. The zero-order chi connectivity index (χ0) is 41.5. The molecule has 0 aromatic heterocycles. The van der Waals surface area contributed by atoms with Crippen molar-refractivity contribution in [2.24, 2.45) is 0 Å². The van der Waals surface area contributed by atoms with Gasteiger partial charge in [-0.1, -0.05) is 175 Å². The number of hydrogen-bond acceptors (Lipinski definition) is 6. The zero-order valence-corrected chi connectivity index (χ0v) is 36.3. The Balaban J connectivity index is 4.51. The van der Waals surface area contributed by atoms with Crippen LogP contribution in [0.25, 0.3) is 0 Å². The monoisotopic (exact) mass is 789 g/mol. The summed E-state index contributed by atoms with van der Waals surface area (Å²) in [5.41, 5.74) is 0. The smallest absolute Gasteiger partial charge is 0.309 e. The first-order chi connectivity index (χ1) is 28.0. The fourth-order valence-corrected chi connectivity index (χ4v) is 5.52. The Morgan fingerprint density at radius 1 is 0.404 bits per heavy atom. The summed E-state index contributed by atoms with van der Waals surface area (Å²) in [6, 6.07) is 0. The third kappa shape index (κ3) is 43.0. The number of esters is 3. The van der Waals surface area contributed by atoms with Crippen LogP contribution in [0.1, 0.15) is 175 Å². The molecule has 0 aromatic carbocycles. The first-order valence-corrected chi connectivity index (χ1v) is 22.4. The molecule has 0 aliphatic rings. The highest BCUT2D eigenvalue weighted by molar-refractivity contribution is 5.72. The second-order valence-electron chi connectivity index (χ2n) is 14.3. The maximum absolute atomic E-state index is 12.7. The molecule has 0 saturated carbocycles. The van der Waals surface area contributed by atoms with Crippen LogP contribution in [0.15, 0.2) is 109 Å². The second kappa shape index (κ2) is 44.8. The second-order valence-corrected chi connectivity index (χ2v) is 14.3. The van der Waals surface area contributed by atoms with Crippen molar-refractivity contribution in [2.45, 2.75) is 181 Å². The predicted molar refractivity (Wildman–Crippen MR) is 242 cm³/mol. The molecule has 6 nitrogen and oxygen atoms in total. The highest BCUT2D eigenvalue weighted by atomic mass is 16.6. The van der Waals surface area contributed by atoms with Crippen LogP contribution < -0.4 is 0 Å². The van der Waals surface area contributed by atoms with E-state index in [1.54, 1.807) is 6.08 Å². The number of carbonyl (C=O) groups is 3. The van der Waals surface area contributed by atoms with E-state index in [1.807, 2.05) is 6.08 Å². The molecular formula is C51H80O6. The van der Waals surface area contributed by atoms with Gasteiger partial charge in [0.05, 0.1) is 6.42 Å². The third-order valence-electron chi connectivity index (χ3n) is 8.84. The third-order valence-corrected chi connectivity index (χ3v) is 8.84. The molecule has 0 amide bonds. The predicted octanol–water partition coefficient (Wildman–Crippen LogP) is 14.4. The lowest BCUT2D eigenvalue weighted by atomic mass is 10.1. The van der Waals surface area contributed by atoms with Gasteiger partial charge in [-0.3, -0.25) is 14.4 Å². The van der Waals surface area contributed by atoms with Crippen molar-refractivity contribution in [2.75, 3.05) is 13.2 Å². The fourth-order valence-electron chi connectivity index (χ4n) is 5.52. The van der Waals surface area contributed by atoms with Crippen LogP contribution in [0.2, 0.25) is 0 Å².